The van der Waals surface area contributed by atoms with Gasteiger partial charge in [-0.1, -0.05) is 18.2 Å². The summed E-state index contributed by atoms with van der Waals surface area (Å²) in [7, 11) is 0. The van der Waals surface area contributed by atoms with E-state index in [9.17, 15) is 9.65 Å². The fourth-order valence-electron chi connectivity index (χ4n) is 2.64. The number of rotatable bonds is 3. The van der Waals surface area contributed by atoms with Gasteiger partial charge in [0.15, 0.2) is 5.82 Å². The molecule has 0 saturated carbocycles. The molecule has 0 N–H and O–H groups in total. The first-order valence-corrected chi connectivity index (χ1v) is 7.90. The molecule has 0 aliphatic heterocycles. The van der Waals surface area contributed by atoms with E-state index in [1.165, 1.54) is 12.1 Å². The van der Waals surface area contributed by atoms with Crippen molar-refractivity contribution in [2.24, 2.45) is 10.2 Å². The van der Waals surface area contributed by atoms with E-state index in [0.29, 0.717) is 28.4 Å². The third kappa shape index (κ3) is 2.82. The molecule has 2 aromatic carbocycles. The highest BCUT2D eigenvalue weighted by atomic mass is 19.1. The summed E-state index contributed by atoms with van der Waals surface area (Å²) in [6.45, 7) is 0. The number of halogens is 1. The maximum absolute atomic E-state index is 13.3. The molecule has 0 aliphatic rings. The fourth-order valence-corrected chi connectivity index (χ4v) is 2.64. The van der Waals surface area contributed by atoms with Crippen molar-refractivity contribution >= 4 is 17.2 Å². The smallest absolute Gasteiger partial charge is 0.187 e. The van der Waals surface area contributed by atoms with Crippen LogP contribution in [0.4, 0.5) is 15.9 Å². The van der Waals surface area contributed by atoms with Crippen molar-refractivity contribution in [1.29, 1.82) is 5.26 Å². The summed E-state index contributed by atoms with van der Waals surface area (Å²) in [5.41, 5.74) is 2.95. The number of hydrogen-bond acceptors (Lipinski definition) is 4. The quantitative estimate of drug-likeness (QED) is 0.466. The summed E-state index contributed by atoms with van der Waals surface area (Å²) >= 11 is 0. The molecule has 0 radical (unpaired) electrons. The number of hydrogen-bond donors (Lipinski definition) is 0. The molecule has 2 aromatic heterocycles. The van der Waals surface area contributed by atoms with Crippen molar-refractivity contribution in [3.63, 3.8) is 0 Å². The van der Waals surface area contributed by atoms with Crippen LogP contribution in [0.15, 0.2) is 83.2 Å². The van der Waals surface area contributed by atoms with Crippen LogP contribution in [0, 0.1) is 17.1 Å². The van der Waals surface area contributed by atoms with Gasteiger partial charge in [-0.2, -0.15) is 5.26 Å². The SMILES string of the molecule is N#Cc1ccccc1N=Nc1c(-c2ccc(F)cc2)nc2ccccn12. The molecule has 6 heteroatoms. The average molecular weight is 341 g/mol. The minimum atomic E-state index is -0.316. The number of nitriles is 1. The van der Waals surface area contributed by atoms with Crippen LogP contribution in [0.25, 0.3) is 16.9 Å². The highest BCUT2D eigenvalue weighted by molar-refractivity contribution is 5.74. The van der Waals surface area contributed by atoms with E-state index >= 15 is 0 Å². The van der Waals surface area contributed by atoms with E-state index in [4.69, 9.17) is 0 Å². The predicted octanol–water partition coefficient (Wildman–Crippen LogP) is 5.43. The Labute approximate surface area is 148 Å². The minimum absolute atomic E-state index is 0.316. The lowest BCUT2D eigenvalue weighted by molar-refractivity contribution is 0.628. The van der Waals surface area contributed by atoms with Crippen LogP contribution in [-0.4, -0.2) is 9.38 Å². The zero-order chi connectivity index (χ0) is 17.9. The Morgan fingerprint density at radius 2 is 1.69 bits per heavy atom. The molecule has 0 atom stereocenters. The van der Waals surface area contributed by atoms with E-state index in [1.54, 1.807) is 40.8 Å². The van der Waals surface area contributed by atoms with Crippen LogP contribution in [0.2, 0.25) is 0 Å². The van der Waals surface area contributed by atoms with Crippen molar-refractivity contribution < 1.29 is 4.39 Å². The first-order valence-electron chi connectivity index (χ1n) is 7.90. The Balaban J connectivity index is 1.88. The molecular weight excluding hydrogens is 329 g/mol. The van der Waals surface area contributed by atoms with Crippen LogP contribution in [0.3, 0.4) is 0 Å². The molecule has 0 bridgehead atoms. The van der Waals surface area contributed by atoms with Crippen molar-refractivity contribution in [2.75, 3.05) is 0 Å². The van der Waals surface area contributed by atoms with E-state index in [2.05, 4.69) is 21.3 Å². The molecule has 2 heterocycles. The van der Waals surface area contributed by atoms with Crippen LogP contribution >= 0.6 is 0 Å². The summed E-state index contributed by atoms with van der Waals surface area (Å²) in [5, 5.41) is 17.8. The van der Waals surface area contributed by atoms with Crippen LogP contribution in [0.1, 0.15) is 5.56 Å². The maximum atomic E-state index is 13.3. The van der Waals surface area contributed by atoms with Gasteiger partial charge in [0.2, 0.25) is 0 Å². The van der Waals surface area contributed by atoms with Gasteiger partial charge in [-0.15, -0.1) is 10.2 Å². The Morgan fingerprint density at radius 1 is 0.923 bits per heavy atom. The largest absolute Gasteiger partial charge is 0.283 e. The van der Waals surface area contributed by atoms with Crippen LogP contribution in [-0.2, 0) is 0 Å². The zero-order valence-electron chi connectivity index (χ0n) is 13.5. The van der Waals surface area contributed by atoms with Crippen molar-refractivity contribution in [2.45, 2.75) is 0 Å². The summed E-state index contributed by atoms with van der Waals surface area (Å²) in [6, 6.07) is 20.7. The second-order valence-electron chi connectivity index (χ2n) is 5.55. The predicted molar refractivity (Wildman–Crippen MR) is 95.9 cm³/mol. The van der Waals surface area contributed by atoms with Crippen molar-refractivity contribution in [3.8, 4) is 17.3 Å². The summed E-state index contributed by atoms with van der Waals surface area (Å²) < 4.78 is 15.1. The summed E-state index contributed by atoms with van der Waals surface area (Å²) in [5.74, 6) is 0.198. The third-order valence-electron chi connectivity index (χ3n) is 3.90. The van der Waals surface area contributed by atoms with E-state index < -0.39 is 0 Å². The standard InChI is InChI=1S/C20H12FN5/c21-16-10-8-14(9-11-16)19-20(26-12-4-3-7-18(26)23-19)25-24-17-6-2-1-5-15(17)13-22/h1-12H. The van der Waals surface area contributed by atoms with Gasteiger partial charge in [-0.25, -0.2) is 9.37 Å². The molecule has 0 saturated heterocycles. The number of nitrogens with zero attached hydrogens (tertiary/aromatic N) is 5. The highest BCUT2D eigenvalue weighted by Crippen LogP contribution is 2.32. The van der Waals surface area contributed by atoms with Crippen LogP contribution < -0.4 is 0 Å². The number of fused-ring (bicyclic) bond motifs is 1. The molecule has 5 nitrogen and oxygen atoms in total. The van der Waals surface area contributed by atoms with Crippen molar-refractivity contribution in [1.82, 2.24) is 9.38 Å². The molecule has 0 spiro atoms. The monoisotopic (exact) mass is 341 g/mol. The van der Waals surface area contributed by atoms with Crippen molar-refractivity contribution in [3.05, 3.63) is 84.3 Å². The van der Waals surface area contributed by atoms with Gasteiger partial charge in [0, 0.05) is 11.8 Å². The van der Waals surface area contributed by atoms with E-state index in [0.717, 1.165) is 5.56 Å². The molecule has 0 amide bonds. The number of azo groups is 1. The number of benzene rings is 2. The van der Waals surface area contributed by atoms with E-state index in [1.807, 2.05) is 24.4 Å². The highest BCUT2D eigenvalue weighted by Gasteiger charge is 2.14. The fraction of sp³-hybridized carbons (Fsp3) is 0. The third-order valence-corrected chi connectivity index (χ3v) is 3.90. The Kier molecular flexibility index (Phi) is 3.96. The molecule has 4 aromatic rings. The lowest BCUT2D eigenvalue weighted by Crippen LogP contribution is -1.82. The Hall–Kier alpha value is -3.85. The zero-order valence-corrected chi connectivity index (χ0v) is 13.5. The molecular formula is C20H12FN5. The molecule has 0 unspecified atom stereocenters. The molecule has 124 valence electrons. The van der Waals surface area contributed by atoms with Gasteiger partial charge in [0.05, 0.1) is 5.56 Å². The molecule has 4 rings (SSSR count). The lowest BCUT2D eigenvalue weighted by Gasteiger charge is -2.00. The molecule has 0 aliphatic carbocycles. The second-order valence-corrected chi connectivity index (χ2v) is 5.55. The molecule has 26 heavy (non-hydrogen) atoms. The minimum Gasteiger partial charge on any atom is -0.283 e. The summed E-state index contributed by atoms with van der Waals surface area (Å²) in [4.78, 5) is 4.59. The Morgan fingerprint density at radius 3 is 2.50 bits per heavy atom. The molecule has 0 fully saturated rings. The van der Waals surface area contributed by atoms with Gasteiger partial charge in [0.25, 0.3) is 0 Å². The summed E-state index contributed by atoms with van der Waals surface area (Å²) in [6.07, 6.45) is 1.83. The number of imidazole rings is 1. The van der Waals surface area contributed by atoms with Gasteiger partial charge >= 0.3 is 0 Å². The lowest BCUT2D eigenvalue weighted by atomic mass is 10.1. The van der Waals surface area contributed by atoms with Gasteiger partial charge < -0.3 is 0 Å². The maximum Gasteiger partial charge on any atom is 0.187 e. The number of aromatic nitrogens is 2. The average Bonchev–Trinajstić information content (AvgIpc) is 3.05. The van der Waals surface area contributed by atoms with E-state index in [-0.39, 0.29) is 5.82 Å². The second kappa shape index (κ2) is 6.57. The first-order chi connectivity index (χ1) is 12.8. The normalized spacial score (nSPS) is 11.1. The topological polar surface area (TPSA) is 65.8 Å². The van der Waals surface area contributed by atoms with Crippen LogP contribution in [0.5, 0.6) is 0 Å². The Bertz CT molecular complexity index is 1150. The first kappa shape index (κ1) is 15.7. The van der Waals surface area contributed by atoms with Gasteiger partial charge in [-0.05, 0) is 48.5 Å². The number of pyridine rings is 1. The van der Waals surface area contributed by atoms with Gasteiger partial charge in [0.1, 0.15) is 28.9 Å². The van der Waals surface area contributed by atoms with Gasteiger partial charge in [-0.3, -0.25) is 4.40 Å².